The lowest BCUT2D eigenvalue weighted by atomic mass is 9.97. The first-order chi connectivity index (χ1) is 13.2. The van der Waals surface area contributed by atoms with E-state index in [9.17, 15) is 18.0 Å². The van der Waals surface area contributed by atoms with Gasteiger partial charge in [0, 0.05) is 38.3 Å². The van der Waals surface area contributed by atoms with E-state index in [1.54, 1.807) is 6.92 Å². The van der Waals surface area contributed by atoms with E-state index in [-0.39, 0.29) is 11.8 Å². The molecule has 0 bridgehead atoms. The van der Waals surface area contributed by atoms with Gasteiger partial charge in [0.25, 0.3) is 0 Å². The Morgan fingerprint density at radius 1 is 1.14 bits per heavy atom. The van der Waals surface area contributed by atoms with Crippen LogP contribution in [0.15, 0.2) is 28.8 Å². The summed E-state index contributed by atoms with van der Waals surface area (Å²) in [5.41, 5.74) is 1.77. The van der Waals surface area contributed by atoms with Gasteiger partial charge >= 0.3 is 6.18 Å². The average molecular weight is 395 g/mol. The van der Waals surface area contributed by atoms with Crippen molar-refractivity contribution in [1.82, 2.24) is 15.0 Å². The molecule has 1 unspecified atom stereocenters. The fourth-order valence-electron chi connectivity index (χ4n) is 3.69. The fourth-order valence-corrected chi connectivity index (χ4v) is 3.69. The van der Waals surface area contributed by atoms with Gasteiger partial charge in [-0.25, -0.2) is 0 Å². The molecule has 1 fully saturated rings. The molecule has 2 aromatic rings. The van der Waals surface area contributed by atoms with Crippen LogP contribution in [0.1, 0.15) is 41.0 Å². The van der Waals surface area contributed by atoms with Crippen LogP contribution in [-0.4, -0.2) is 47.0 Å². The highest BCUT2D eigenvalue weighted by Gasteiger charge is 2.31. The minimum absolute atomic E-state index is 0.0450. The fraction of sp³-hybridized carbons (Fsp3) is 0.500. The SMILES string of the molecule is Cc1noc(C)c1C(C)C(=O)N1CCN(Cc2ccc(C(F)(F)F)cc2)CC1. The van der Waals surface area contributed by atoms with Gasteiger partial charge in [0.15, 0.2) is 0 Å². The summed E-state index contributed by atoms with van der Waals surface area (Å²) in [4.78, 5) is 16.8. The van der Waals surface area contributed by atoms with E-state index in [0.717, 1.165) is 29.0 Å². The number of carbonyl (C=O) groups is 1. The minimum Gasteiger partial charge on any atom is -0.361 e. The number of alkyl halides is 3. The Hall–Kier alpha value is -2.35. The van der Waals surface area contributed by atoms with Crippen LogP contribution in [0.3, 0.4) is 0 Å². The predicted molar refractivity (Wildman–Crippen MR) is 97.7 cm³/mol. The van der Waals surface area contributed by atoms with Gasteiger partial charge in [-0.15, -0.1) is 0 Å². The molecule has 1 atom stereocenters. The lowest BCUT2D eigenvalue weighted by Crippen LogP contribution is -2.49. The number of nitrogens with zero attached hydrogens (tertiary/aromatic N) is 3. The third-order valence-electron chi connectivity index (χ3n) is 5.26. The summed E-state index contributed by atoms with van der Waals surface area (Å²) in [6.07, 6.45) is -4.32. The summed E-state index contributed by atoms with van der Waals surface area (Å²) < 4.78 is 43.1. The van der Waals surface area contributed by atoms with Crippen LogP contribution in [0.4, 0.5) is 13.2 Å². The molecular formula is C20H24F3N3O2. The van der Waals surface area contributed by atoms with E-state index >= 15 is 0 Å². The number of amides is 1. The first-order valence-electron chi connectivity index (χ1n) is 9.27. The summed E-state index contributed by atoms with van der Waals surface area (Å²) in [6, 6.07) is 5.25. The first-order valence-corrected chi connectivity index (χ1v) is 9.27. The number of aryl methyl sites for hydroxylation is 2. The van der Waals surface area contributed by atoms with Crippen LogP contribution in [-0.2, 0) is 17.5 Å². The zero-order chi connectivity index (χ0) is 20.5. The molecule has 2 heterocycles. The Morgan fingerprint density at radius 2 is 1.75 bits per heavy atom. The molecule has 8 heteroatoms. The summed E-state index contributed by atoms with van der Waals surface area (Å²) in [5, 5.41) is 3.92. The van der Waals surface area contributed by atoms with Gasteiger partial charge in [0.1, 0.15) is 5.76 Å². The summed E-state index contributed by atoms with van der Waals surface area (Å²) in [7, 11) is 0. The van der Waals surface area contributed by atoms with E-state index in [2.05, 4.69) is 10.1 Å². The zero-order valence-electron chi connectivity index (χ0n) is 16.2. The standard InChI is InChI=1S/C20H24F3N3O2/c1-13(18-14(2)24-28-15(18)3)19(27)26-10-8-25(9-11-26)12-16-4-6-17(7-5-16)20(21,22)23/h4-7,13H,8-12H2,1-3H3. The van der Waals surface area contributed by atoms with Crippen LogP contribution in [0, 0.1) is 13.8 Å². The summed E-state index contributed by atoms with van der Waals surface area (Å²) in [6.45, 7) is 8.62. The number of hydrogen-bond acceptors (Lipinski definition) is 4. The van der Waals surface area contributed by atoms with Gasteiger partial charge < -0.3 is 9.42 Å². The quantitative estimate of drug-likeness (QED) is 0.791. The highest BCUT2D eigenvalue weighted by Crippen LogP contribution is 2.29. The number of halogens is 3. The number of piperazine rings is 1. The number of carbonyl (C=O) groups excluding carboxylic acids is 1. The summed E-state index contributed by atoms with van der Waals surface area (Å²) in [5.74, 6) is 0.399. The largest absolute Gasteiger partial charge is 0.416 e. The van der Waals surface area contributed by atoms with Crippen LogP contribution >= 0.6 is 0 Å². The monoisotopic (exact) mass is 395 g/mol. The van der Waals surface area contributed by atoms with Crippen molar-refractivity contribution in [2.45, 2.75) is 39.4 Å². The molecule has 1 aliphatic rings. The molecule has 1 aliphatic heterocycles. The first kappa shape index (κ1) is 20.4. The maximum absolute atomic E-state index is 12.8. The lowest BCUT2D eigenvalue weighted by Gasteiger charge is -2.36. The van der Waals surface area contributed by atoms with Crippen molar-refractivity contribution in [3.63, 3.8) is 0 Å². The molecule has 3 rings (SSSR count). The lowest BCUT2D eigenvalue weighted by molar-refractivity contribution is -0.137. The molecule has 1 saturated heterocycles. The van der Waals surface area contributed by atoms with Crippen molar-refractivity contribution in [3.05, 3.63) is 52.4 Å². The number of benzene rings is 1. The molecule has 28 heavy (non-hydrogen) atoms. The van der Waals surface area contributed by atoms with Crippen LogP contribution in [0.25, 0.3) is 0 Å². The molecule has 5 nitrogen and oxygen atoms in total. The molecule has 0 N–H and O–H groups in total. The van der Waals surface area contributed by atoms with Crippen molar-refractivity contribution >= 4 is 5.91 Å². The Labute approximate surface area is 162 Å². The van der Waals surface area contributed by atoms with E-state index in [0.29, 0.717) is 38.5 Å². The van der Waals surface area contributed by atoms with Crippen molar-refractivity contribution in [1.29, 1.82) is 0 Å². The third kappa shape index (κ3) is 4.38. The van der Waals surface area contributed by atoms with Crippen LogP contribution < -0.4 is 0 Å². The van der Waals surface area contributed by atoms with Gasteiger partial charge in [-0.05, 0) is 38.5 Å². The van der Waals surface area contributed by atoms with E-state index in [1.807, 2.05) is 18.7 Å². The minimum atomic E-state index is -4.32. The average Bonchev–Trinajstić information content (AvgIpc) is 2.99. The highest BCUT2D eigenvalue weighted by molar-refractivity contribution is 5.84. The predicted octanol–water partition coefficient (Wildman–Crippen LogP) is 3.76. The smallest absolute Gasteiger partial charge is 0.361 e. The second kappa shape index (κ2) is 7.95. The molecule has 0 aliphatic carbocycles. The molecular weight excluding hydrogens is 371 g/mol. The second-order valence-electron chi connectivity index (χ2n) is 7.26. The number of aromatic nitrogens is 1. The Kier molecular flexibility index (Phi) is 5.79. The maximum Gasteiger partial charge on any atom is 0.416 e. The molecule has 1 amide bonds. The highest BCUT2D eigenvalue weighted by atomic mass is 19.4. The molecule has 0 radical (unpaired) electrons. The van der Waals surface area contributed by atoms with E-state index in [1.165, 1.54) is 12.1 Å². The third-order valence-corrected chi connectivity index (χ3v) is 5.26. The Bertz CT molecular complexity index is 803. The zero-order valence-corrected chi connectivity index (χ0v) is 16.2. The van der Waals surface area contributed by atoms with Gasteiger partial charge in [-0.1, -0.05) is 17.3 Å². The van der Waals surface area contributed by atoms with Crippen LogP contribution in [0.5, 0.6) is 0 Å². The molecule has 1 aromatic carbocycles. The summed E-state index contributed by atoms with van der Waals surface area (Å²) >= 11 is 0. The molecule has 152 valence electrons. The number of rotatable bonds is 4. The molecule has 1 aromatic heterocycles. The van der Waals surface area contributed by atoms with E-state index < -0.39 is 11.7 Å². The van der Waals surface area contributed by atoms with Gasteiger partial charge in [0.05, 0.1) is 17.2 Å². The van der Waals surface area contributed by atoms with Gasteiger partial charge in [0.2, 0.25) is 5.91 Å². The van der Waals surface area contributed by atoms with Gasteiger partial charge in [-0.2, -0.15) is 13.2 Å². The van der Waals surface area contributed by atoms with Crippen LogP contribution in [0.2, 0.25) is 0 Å². The van der Waals surface area contributed by atoms with Crippen molar-refractivity contribution in [2.24, 2.45) is 0 Å². The second-order valence-corrected chi connectivity index (χ2v) is 7.26. The van der Waals surface area contributed by atoms with E-state index in [4.69, 9.17) is 4.52 Å². The molecule has 0 saturated carbocycles. The van der Waals surface area contributed by atoms with Crippen molar-refractivity contribution < 1.29 is 22.5 Å². The van der Waals surface area contributed by atoms with Crippen molar-refractivity contribution in [2.75, 3.05) is 26.2 Å². The normalized spacial score (nSPS) is 17.0. The number of hydrogen-bond donors (Lipinski definition) is 0. The van der Waals surface area contributed by atoms with Crippen molar-refractivity contribution in [3.8, 4) is 0 Å². The Balaban J connectivity index is 1.55. The van der Waals surface area contributed by atoms with Gasteiger partial charge in [-0.3, -0.25) is 9.69 Å². The topological polar surface area (TPSA) is 49.6 Å². The Morgan fingerprint density at radius 3 is 2.25 bits per heavy atom. The maximum atomic E-state index is 12.8. The molecule has 0 spiro atoms.